The second-order valence-corrected chi connectivity index (χ2v) is 1.28. The Morgan fingerprint density at radius 1 is 1.57 bits per heavy atom. The Balaban J connectivity index is -0.0000000347. The molecule has 0 aliphatic carbocycles. The van der Waals surface area contributed by atoms with Gasteiger partial charge in [-0.05, 0) is 0 Å². The standard InChI is InChI=1S/C3H7NO3.2CH4.Li.HNO3/c4-2(1-5)3(6)7;;;;2-1-4-3/h2,5H,1,4H2,(H,6,7);2*1H4;;3H/q;;;+1;/p-1/t2-;;;;/m0..../s1. The van der Waals surface area contributed by atoms with E-state index in [0.717, 1.165) is 0 Å². The summed E-state index contributed by atoms with van der Waals surface area (Å²) < 4.78 is 0. The van der Waals surface area contributed by atoms with Crippen LogP contribution in [0.1, 0.15) is 14.9 Å². The summed E-state index contributed by atoms with van der Waals surface area (Å²) in [6.07, 6.45) is 0. The normalized spacial score (nSPS) is 8.21. The first-order valence-corrected chi connectivity index (χ1v) is 2.31. The molecular weight excluding hydrogens is 191 g/mol. The average Bonchev–Trinajstić information content (AvgIpc) is 2.03. The van der Waals surface area contributed by atoms with Crippen LogP contribution in [0.2, 0.25) is 0 Å². The van der Waals surface area contributed by atoms with Crippen molar-refractivity contribution < 1.29 is 44.1 Å². The first-order chi connectivity index (χ1) is 5.09. The van der Waals surface area contributed by atoms with Crippen molar-refractivity contribution in [1.82, 2.24) is 0 Å². The van der Waals surface area contributed by atoms with Crippen LogP contribution in [0.15, 0.2) is 5.34 Å². The molecule has 82 valence electrons. The zero-order chi connectivity index (χ0) is 9.28. The molecule has 0 radical (unpaired) electrons. The monoisotopic (exact) mass is 206 g/mol. The van der Waals surface area contributed by atoms with E-state index < -0.39 is 18.6 Å². The Bertz CT molecular complexity index is 125. The fourth-order valence-corrected chi connectivity index (χ4v) is 0.0781. The number of hydrogen-bond donors (Lipinski definition) is 3. The van der Waals surface area contributed by atoms with Crippen molar-refractivity contribution in [3.8, 4) is 0 Å². The molecule has 14 heavy (non-hydrogen) atoms. The molecule has 0 aromatic heterocycles. The number of rotatable bonds is 3. The van der Waals surface area contributed by atoms with Gasteiger partial charge in [-0.15, -0.1) is 4.91 Å². The first kappa shape index (κ1) is 29.2. The van der Waals surface area contributed by atoms with Crippen molar-refractivity contribution >= 4 is 5.97 Å². The van der Waals surface area contributed by atoms with Crippen molar-refractivity contribution in [2.75, 3.05) is 6.61 Å². The van der Waals surface area contributed by atoms with E-state index in [9.17, 15) is 4.79 Å². The molecule has 0 aromatic rings. The van der Waals surface area contributed by atoms with Crippen LogP contribution in [0.4, 0.5) is 0 Å². The molecule has 0 spiro atoms. The largest absolute Gasteiger partial charge is 1.00 e. The fraction of sp³-hybridized carbons (Fsp3) is 0.800. The van der Waals surface area contributed by atoms with Crippen LogP contribution in [-0.4, -0.2) is 28.8 Å². The third-order valence-electron chi connectivity index (χ3n) is 0.544. The van der Waals surface area contributed by atoms with Crippen LogP contribution < -0.4 is 29.9 Å². The van der Waals surface area contributed by atoms with E-state index in [1.165, 1.54) is 5.34 Å². The number of hydrogen-bond acceptors (Lipinski definition) is 7. The quantitative estimate of drug-likeness (QED) is 0.183. The topological polar surface area (TPSA) is 145 Å². The van der Waals surface area contributed by atoms with Gasteiger partial charge >= 0.3 is 24.8 Å². The zero-order valence-electron chi connectivity index (χ0n) is 6.34. The predicted octanol–water partition coefficient (Wildman–Crippen LogP) is -4.37. The van der Waals surface area contributed by atoms with Gasteiger partial charge in [0.15, 0.2) is 0 Å². The minimum absolute atomic E-state index is 0. The summed E-state index contributed by atoms with van der Waals surface area (Å²) in [7, 11) is 0. The van der Waals surface area contributed by atoms with E-state index in [4.69, 9.17) is 26.1 Å². The number of nitrogens with zero attached hydrogens (tertiary/aromatic N) is 1. The van der Waals surface area contributed by atoms with Gasteiger partial charge in [0.25, 0.3) is 0 Å². The summed E-state index contributed by atoms with van der Waals surface area (Å²) in [5.74, 6) is -1.18. The maximum atomic E-state index is 9.65. The van der Waals surface area contributed by atoms with Crippen LogP contribution in [0.3, 0.4) is 0 Å². The van der Waals surface area contributed by atoms with E-state index in [-0.39, 0.29) is 33.7 Å². The number of carboxylic acid groups (broad SMARTS) is 1. The first-order valence-electron chi connectivity index (χ1n) is 2.31. The van der Waals surface area contributed by atoms with Crippen LogP contribution in [0.5, 0.6) is 0 Å². The van der Waals surface area contributed by atoms with Crippen LogP contribution in [0, 0.1) is 4.91 Å². The van der Waals surface area contributed by atoms with E-state index in [0.29, 0.717) is 0 Å². The van der Waals surface area contributed by atoms with Crippen molar-refractivity contribution in [3.63, 3.8) is 0 Å². The number of aliphatic hydroxyl groups excluding tert-OH is 1. The molecule has 0 unspecified atom stereocenters. The fourth-order valence-electron chi connectivity index (χ4n) is 0.0781. The number of aliphatic carboxylic acids is 1. The van der Waals surface area contributed by atoms with Gasteiger partial charge in [-0.25, -0.2) is 0 Å². The number of carboxylic acids is 1. The molecule has 0 rings (SSSR count). The molecule has 0 aliphatic heterocycles. The molecular formula is C5H15LiN2O6. The van der Waals surface area contributed by atoms with Gasteiger partial charge in [0, 0.05) is 0 Å². The Morgan fingerprint density at radius 2 is 1.86 bits per heavy atom. The van der Waals surface area contributed by atoms with Gasteiger partial charge in [0.1, 0.15) is 11.4 Å². The molecule has 4 N–H and O–H groups in total. The predicted molar refractivity (Wildman–Crippen MR) is 43.0 cm³/mol. The van der Waals surface area contributed by atoms with E-state index in [2.05, 4.69) is 4.99 Å². The Kier molecular flexibility index (Phi) is 47.6. The maximum absolute atomic E-state index is 9.65. The molecule has 0 bridgehead atoms. The van der Waals surface area contributed by atoms with Crippen LogP contribution in [0.25, 0.3) is 0 Å². The average molecular weight is 206 g/mol. The molecule has 0 amide bonds. The Hall–Kier alpha value is -0.653. The third kappa shape index (κ3) is 30.2. The number of carbonyl (C=O) groups is 1. The van der Waals surface area contributed by atoms with Gasteiger partial charge in [0.05, 0.1) is 6.61 Å². The minimum atomic E-state index is -1.18. The van der Waals surface area contributed by atoms with Gasteiger partial charge in [-0.2, -0.15) is 0 Å². The summed E-state index contributed by atoms with van der Waals surface area (Å²) in [6, 6.07) is -1.13. The zero-order valence-corrected chi connectivity index (χ0v) is 6.34. The molecule has 0 aromatic carbocycles. The summed E-state index contributed by atoms with van der Waals surface area (Å²) in [5.41, 5.74) is 4.77. The second-order valence-electron chi connectivity index (χ2n) is 1.28. The molecule has 0 aliphatic rings. The Labute approximate surface area is 94.1 Å². The van der Waals surface area contributed by atoms with Gasteiger partial charge in [-0.1, -0.05) is 14.9 Å². The molecule has 0 heterocycles. The van der Waals surface area contributed by atoms with Crippen LogP contribution in [-0.2, 0) is 9.78 Å². The van der Waals surface area contributed by atoms with Crippen molar-refractivity contribution in [3.05, 3.63) is 4.91 Å². The van der Waals surface area contributed by atoms with Crippen molar-refractivity contribution in [2.45, 2.75) is 20.9 Å². The van der Waals surface area contributed by atoms with Crippen molar-refractivity contribution in [2.24, 2.45) is 11.1 Å². The van der Waals surface area contributed by atoms with E-state index >= 15 is 0 Å². The van der Waals surface area contributed by atoms with Crippen LogP contribution >= 0.6 is 0 Å². The summed E-state index contributed by atoms with van der Waals surface area (Å²) in [6.45, 7) is -0.505. The minimum Gasteiger partial charge on any atom is -0.635 e. The number of aliphatic hydroxyl groups is 1. The molecule has 0 saturated carbocycles. The van der Waals surface area contributed by atoms with E-state index in [1.807, 2.05) is 0 Å². The van der Waals surface area contributed by atoms with Gasteiger partial charge in [0.2, 0.25) is 0 Å². The molecule has 8 nitrogen and oxygen atoms in total. The van der Waals surface area contributed by atoms with Crippen molar-refractivity contribution in [1.29, 1.82) is 0 Å². The number of nitrogens with two attached hydrogens (primary N) is 1. The SMILES string of the molecule is C.C.N[C@@H](CO)C(=O)O.O=NO[O-].[Li+]. The summed E-state index contributed by atoms with van der Waals surface area (Å²) in [5, 5.41) is 25.6. The summed E-state index contributed by atoms with van der Waals surface area (Å²) >= 11 is 0. The molecule has 0 saturated heterocycles. The third-order valence-corrected chi connectivity index (χ3v) is 0.544. The smallest absolute Gasteiger partial charge is 0.635 e. The van der Waals surface area contributed by atoms with Gasteiger partial charge < -0.3 is 26.2 Å². The molecule has 1 atom stereocenters. The maximum Gasteiger partial charge on any atom is 1.00 e. The van der Waals surface area contributed by atoms with E-state index in [1.54, 1.807) is 0 Å². The van der Waals surface area contributed by atoms with Gasteiger partial charge in [-0.3, -0.25) is 4.79 Å². The molecule has 0 fully saturated rings. The Morgan fingerprint density at radius 3 is 1.86 bits per heavy atom. The molecule has 9 heteroatoms. The second kappa shape index (κ2) is 22.8. The summed E-state index contributed by atoms with van der Waals surface area (Å²) in [4.78, 5) is 20.4.